The molecule has 0 spiro atoms. The first-order chi connectivity index (χ1) is 20.9. The van der Waals surface area contributed by atoms with Gasteiger partial charge in [-0.1, -0.05) is 82.8 Å². The number of benzene rings is 2. The normalized spacial score (nSPS) is 21.1. The SMILES string of the molecule is CC.CCCCC/C=C/C(OC)C1CCC1CN1CC(c2ccc(Cl)cc2CCC)COc2ccc(C(O)C(=O)O)cc21. The highest BCUT2D eigenvalue weighted by atomic mass is 35.5. The Balaban J connectivity index is 0.00000248. The van der Waals surface area contributed by atoms with Crippen LogP contribution in [-0.4, -0.2) is 49.1 Å². The lowest BCUT2D eigenvalue weighted by Crippen LogP contribution is -2.44. The average molecular weight is 614 g/mol. The minimum Gasteiger partial charge on any atom is -0.491 e. The number of aliphatic carboxylic acids is 1. The molecular formula is C36H52ClNO5. The Morgan fingerprint density at radius 3 is 2.58 bits per heavy atom. The number of carboxylic acid groups (broad SMARTS) is 1. The molecule has 0 aromatic heterocycles. The zero-order chi connectivity index (χ0) is 31.4. The molecule has 5 unspecified atom stereocenters. The Kier molecular flexibility index (Phi) is 14.4. The van der Waals surface area contributed by atoms with Crippen molar-refractivity contribution in [3.8, 4) is 5.75 Å². The molecule has 2 aromatic rings. The van der Waals surface area contributed by atoms with Crippen LogP contribution >= 0.6 is 11.6 Å². The van der Waals surface area contributed by atoms with Gasteiger partial charge in [0.05, 0.1) is 18.4 Å². The number of nitrogens with zero attached hydrogens (tertiary/aromatic N) is 1. The van der Waals surface area contributed by atoms with Crippen molar-refractivity contribution in [2.45, 2.75) is 97.2 Å². The van der Waals surface area contributed by atoms with Crippen LogP contribution in [0.5, 0.6) is 5.75 Å². The number of methoxy groups -OCH3 is 1. The molecule has 238 valence electrons. The van der Waals surface area contributed by atoms with Gasteiger partial charge in [0.2, 0.25) is 0 Å². The van der Waals surface area contributed by atoms with Gasteiger partial charge in [-0.25, -0.2) is 4.79 Å². The third-order valence-electron chi connectivity index (χ3n) is 8.74. The fraction of sp³-hybridized carbons (Fsp3) is 0.583. The van der Waals surface area contributed by atoms with E-state index in [0.29, 0.717) is 24.0 Å². The number of carboxylic acids is 1. The standard InChI is InChI=1S/C34H46ClNO5.C2H6/c1-4-6-7-8-9-11-31(40-3)29-15-12-25(29)20-36-21-26(28-16-14-27(35)18-23(28)10-5-2)22-41-32-17-13-24(19-30(32)36)33(37)34(38)39;1-2/h9,11,13-14,16-19,25-26,29,31,33,37H,4-8,10,12,15,20-22H2,1-3H3,(H,38,39);1-2H3/b11-9+;. The zero-order valence-electron chi connectivity index (χ0n) is 26.7. The largest absolute Gasteiger partial charge is 0.491 e. The van der Waals surface area contributed by atoms with E-state index in [-0.39, 0.29) is 12.0 Å². The minimum atomic E-state index is -1.58. The number of allylic oxidation sites excluding steroid dienone is 1. The predicted molar refractivity (Wildman–Crippen MR) is 177 cm³/mol. The molecule has 7 heteroatoms. The van der Waals surface area contributed by atoms with Crippen molar-refractivity contribution in [2.24, 2.45) is 11.8 Å². The number of unbranched alkanes of at least 4 members (excludes halogenated alkanes) is 3. The highest BCUT2D eigenvalue weighted by molar-refractivity contribution is 6.30. The third kappa shape index (κ3) is 9.23. The summed E-state index contributed by atoms with van der Waals surface area (Å²) in [5.41, 5.74) is 3.69. The Hall–Kier alpha value is -2.54. The van der Waals surface area contributed by atoms with Gasteiger partial charge in [0.15, 0.2) is 6.10 Å². The van der Waals surface area contributed by atoms with Gasteiger partial charge in [-0.2, -0.15) is 0 Å². The maximum Gasteiger partial charge on any atom is 0.337 e. The molecule has 4 rings (SSSR count). The molecule has 5 atom stereocenters. The van der Waals surface area contributed by atoms with E-state index in [2.05, 4.69) is 43.0 Å². The molecule has 2 aliphatic rings. The number of aryl methyl sites for hydroxylation is 1. The van der Waals surface area contributed by atoms with Gasteiger partial charge in [0, 0.05) is 31.1 Å². The van der Waals surface area contributed by atoms with Gasteiger partial charge in [0.25, 0.3) is 0 Å². The van der Waals surface area contributed by atoms with Gasteiger partial charge in [0.1, 0.15) is 5.75 Å². The molecule has 1 heterocycles. The van der Waals surface area contributed by atoms with Crippen LogP contribution in [0.1, 0.15) is 101 Å². The highest BCUT2D eigenvalue weighted by Gasteiger charge is 2.39. The first kappa shape index (κ1) is 34.9. The Morgan fingerprint density at radius 2 is 1.93 bits per heavy atom. The molecule has 1 fully saturated rings. The summed E-state index contributed by atoms with van der Waals surface area (Å²) in [4.78, 5) is 13.9. The van der Waals surface area contributed by atoms with Gasteiger partial charge < -0.3 is 24.6 Å². The van der Waals surface area contributed by atoms with Gasteiger partial charge in [-0.3, -0.25) is 0 Å². The van der Waals surface area contributed by atoms with E-state index < -0.39 is 12.1 Å². The molecule has 6 nitrogen and oxygen atoms in total. The molecule has 1 saturated carbocycles. The highest BCUT2D eigenvalue weighted by Crippen LogP contribution is 2.43. The number of halogens is 1. The Morgan fingerprint density at radius 1 is 1.14 bits per heavy atom. The maximum atomic E-state index is 11.6. The van der Waals surface area contributed by atoms with E-state index in [9.17, 15) is 15.0 Å². The lowest BCUT2D eigenvalue weighted by atomic mass is 9.70. The molecule has 0 amide bonds. The van der Waals surface area contributed by atoms with Crippen LogP contribution in [-0.2, 0) is 16.0 Å². The Bertz CT molecular complexity index is 1180. The second kappa shape index (κ2) is 17.7. The molecule has 1 aliphatic heterocycles. The average Bonchev–Trinajstić information content (AvgIpc) is 3.18. The predicted octanol–water partition coefficient (Wildman–Crippen LogP) is 8.60. The molecule has 2 aromatic carbocycles. The van der Waals surface area contributed by atoms with Crippen LogP contribution < -0.4 is 9.64 Å². The minimum absolute atomic E-state index is 0.0847. The van der Waals surface area contributed by atoms with E-state index in [1.54, 1.807) is 25.3 Å². The lowest BCUT2D eigenvalue weighted by Gasteiger charge is -2.43. The van der Waals surface area contributed by atoms with E-state index in [4.69, 9.17) is 21.1 Å². The number of aliphatic hydroxyl groups is 1. The van der Waals surface area contributed by atoms with Gasteiger partial charge >= 0.3 is 5.97 Å². The first-order valence-electron chi connectivity index (χ1n) is 16.3. The van der Waals surface area contributed by atoms with Gasteiger partial charge in [-0.05, 0) is 84.9 Å². The summed E-state index contributed by atoms with van der Waals surface area (Å²) in [5, 5.41) is 20.5. The van der Waals surface area contributed by atoms with Gasteiger partial charge in [-0.15, -0.1) is 0 Å². The summed E-state index contributed by atoms with van der Waals surface area (Å²) in [6.45, 7) is 10.4. The number of hydrogen-bond donors (Lipinski definition) is 2. The third-order valence-corrected chi connectivity index (χ3v) is 8.98. The zero-order valence-corrected chi connectivity index (χ0v) is 27.5. The fourth-order valence-electron chi connectivity index (χ4n) is 6.32. The summed E-state index contributed by atoms with van der Waals surface area (Å²) in [6, 6.07) is 11.4. The summed E-state index contributed by atoms with van der Waals surface area (Å²) < 4.78 is 12.3. The molecule has 1 aliphatic carbocycles. The number of hydrogen-bond acceptors (Lipinski definition) is 5. The van der Waals surface area contributed by atoms with E-state index in [1.807, 2.05) is 19.9 Å². The quantitative estimate of drug-likeness (QED) is 0.164. The maximum absolute atomic E-state index is 11.6. The van der Waals surface area contributed by atoms with Crippen molar-refractivity contribution < 1.29 is 24.5 Å². The molecule has 43 heavy (non-hydrogen) atoms. The smallest absolute Gasteiger partial charge is 0.337 e. The number of carbonyl (C=O) groups is 1. The molecular weight excluding hydrogens is 562 g/mol. The molecule has 0 bridgehead atoms. The van der Waals surface area contributed by atoms with E-state index in [1.165, 1.54) is 30.4 Å². The van der Waals surface area contributed by atoms with Crippen LogP contribution in [0, 0.1) is 11.8 Å². The van der Waals surface area contributed by atoms with E-state index in [0.717, 1.165) is 61.7 Å². The van der Waals surface area contributed by atoms with Crippen molar-refractivity contribution in [1.82, 2.24) is 0 Å². The van der Waals surface area contributed by atoms with Crippen LogP contribution in [0.15, 0.2) is 48.6 Å². The van der Waals surface area contributed by atoms with Crippen LogP contribution in [0.4, 0.5) is 5.69 Å². The van der Waals surface area contributed by atoms with Crippen molar-refractivity contribution in [1.29, 1.82) is 0 Å². The van der Waals surface area contributed by atoms with Crippen LogP contribution in [0.3, 0.4) is 0 Å². The number of fused-ring (bicyclic) bond motifs is 1. The monoisotopic (exact) mass is 613 g/mol. The summed E-state index contributed by atoms with van der Waals surface area (Å²) in [5.74, 6) is 0.425. The molecule has 2 N–H and O–H groups in total. The molecule has 0 saturated heterocycles. The summed E-state index contributed by atoms with van der Waals surface area (Å²) in [7, 11) is 1.80. The lowest BCUT2D eigenvalue weighted by molar-refractivity contribution is -0.146. The molecule has 0 radical (unpaired) electrons. The number of rotatable bonds is 14. The first-order valence-corrected chi connectivity index (χ1v) is 16.6. The van der Waals surface area contributed by atoms with E-state index >= 15 is 0 Å². The topological polar surface area (TPSA) is 79.2 Å². The van der Waals surface area contributed by atoms with Crippen molar-refractivity contribution in [3.63, 3.8) is 0 Å². The second-order valence-corrected chi connectivity index (χ2v) is 12.0. The van der Waals surface area contributed by atoms with Crippen LogP contribution in [0.25, 0.3) is 0 Å². The second-order valence-electron chi connectivity index (χ2n) is 11.6. The fourth-order valence-corrected chi connectivity index (χ4v) is 6.51. The summed E-state index contributed by atoms with van der Waals surface area (Å²) >= 11 is 6.38. The number of anilines is 1. The van der Waals surface area contributed by atoms with Crippen molar-refractivity contribution >= 4 is 23.3 Å². The van der Waals surface area contributed by atoms with Crippen LogP contribution in [0.2, 0.25) is 5.02 Å². The number of aliphatic hydroxyl groups excluding tert-OH is 1. The summed E-state index contributed by atoms with van der Waals surface area (Å²) in [6.07, 6.45) is 12.0. The number of ether oxygens (including phenoxy) is 2. The Labute approximate surface area is 264 Å². The van der Waals surface area contributed by atoms with Crippen molar-refractivity contribution in [2.75, 3.05) is 31.7 Å². The van der Waals surface area contributed by atoms with Crippen molar-refractivity contribution in [3.05, 3.63) is 70.3 Å².